The second kappa shape index (κ2) is 77.6. The van der Waals surface area contributed by atoms with E-state index in [4.69, 9.17) is 37.0 Å². The molecule has 5 unspecified atom stereocenters. The van der Waals surface area contributed by atoms with E-state index in [9.17, 15) is 43.2 Å². The summed E-state index contributed by atoms with van der Waals surface area (Å²) in [5.74, 6) is -2.41. The zero-order chi connectivity index (χ0) is 77.4. The normalized spacial score (nSPS) is 14.7. The average molecular weight is 1520 g/mol. The Kier molecular flexibility index (Phi) is 73.5. The van der Waals surface area contributed by atoms with Crippen LogP contribution >= 0.6 is 15.6 Å². The van der Waals surface area contributed by atoms with Crippen LogP contribution in [-0.2, 0) is 65.4 Å². The fraction of sp³-hybridized carbons (Fsp3) is 0.632. The predicted molar refractivity (Wildman–Crippen MR) is 436 cm³/mol. The second-order valence-corrected chi connectivity index (χ2v) is 29.1. The molecule has 0 heterocycles. The highest BCUT2D eigenvalue weighted by Gasteiger charge is 2.30. The van der Waals surface area contributed by atoms with Crippen molar-refractivity contribution in [3.05, 3.63) is 170 Å². The number of aliphatic hydroxyl groups excluding tert-OH is 1. The molecule has 602 valence electrons. The number of esters is 4. The third kappa shape index (κ3) is 76.6. The first-order chi connectivity index (χ1) is 51.7. The average Bonchev–Trinajstić information content (AvgIpc) is 0.928. The first kappa shape index (κ1) is 100. The number of allylic oxidation sites excluding steroid dienone is 27. The van der Waals surface area contributed by atoms with Gasteiger partial charge in [0.25, 0.3) is 0 Å². The quantitative estimate of drug-likeness (QED) is 0.0169. The van der Waals surface area contributed by atoms with Crippen LogP contribution in [0, 0.1) is 0 Å². The van der Waals surface area contributed by atoms with Crippen molar-refractivity contribution in [2.24, 2.45) is 0 Å². The number of ether oxygens (including phenoxy) is 4. The van der Waals surface area contributed by atoms with Gasteiger partial charge in [-0.3, -0.25) is 37.3 Å². The van der Waals surface area contributed by atoms with Crippen molar-refractivity contribution in [2.45, 2.75) is 316 Å². The molecule has 0 fully saturated rings. The number of carbonyl (C=O) groups is 4. The molecule has 0 radical (unpaired) electrons. The number of phosphoric acid groups is 2. The molecule has 3 N–H and O–H groups in total. The van der Waals surface area contributed by atoms with E-state index < -0.39 is 97.5 Å². The summed E-state index contributed by atoms with van der Waals surface area (Å²) < 4.78 is 68.5. The fourth-order valence-electron chi connectivity index (χ4n) is 10.2. The summed E-state index contributed by atoms with van der Waals surface area (Å²) in [5, 5.41) is 10.6. The Morgan fingerprint density at radius 3 is 0.877 bits per heavy atom. The highest BCUT2D eigenvalue weighted by Crippen LogP contribution is 2.45. The Balaban J connectivity index is 5.49. The number of hydrogen-bond donors (Lipinski definition) is 3. The van der Waals surface area contributed by atoms with Crippen LogP contribution < -0.4 is 0 Å². The molecule has 0 rings (SSSR count). The van der Waals surface area contributed by atoms with Crippen molar-refractivity contribution in [1.29, 1.82) is 0 Å². The lowest BCUT2D eigenvalue weighted by atomic mass is 10.0. The maximum Gasteiger partial charge on any atom is 0.472 e. The third-order valence-electron chi connectivity index (χ3n) is 16.2. The lowest BCUT2D eigenvalue weighted by molar-refractivity contribution is -0.161. The Morgan fingerprint density at radius 2 is 0.538 bits per heavy atom. The molecule has 0 aliphatic carbocycles. The molecular weight excluding hydrogens is 1380 g/mol. The minimum absolute atomic E-state index is 0.0777. The van der Waals surface area contributed by atoms with Crippen molar-refractivity contribution < 1.29 is 80.2 Å². The van der Waals surface area contributed by atoms with Gasteiger partial charge in [-0.1, -0.05) is 313 Å². The van der Waals surface area contributed by atoms with Gasteiger partial charge < -0.3 is 33.8 Å². The third-order valence-corrected chi connectivity index (χ3v) is 18.1. The van der Waals surface area contributed by atoms with E-state index in [1.807, 2.05) is 24.3 Å². The van der Waals surface area contributed by atoms with E-state index in [1.54, 1.807) is 12.2 Å². The van der Waals surface area contributed by atoms with Gasteiger partial charge in [-0.05, 0) is 128 Å². The monoisotopic (exact) mass is 1520 g/mol. The number of rotatable bonds is 74. The highest BCUT2D eigenvalue weighted by atomic mass is 31.2. The van der Waals surface area contributed by atoms with Crippen LogP contribution in [0.4, 0.5) is 0 Å². The first-order valence-corrected chi connectivity index (χ1v) is 43.4. The van der Waals surface area contributed by atoms with E-state index >= 15 is 0 Å². The Hall–Kier alpha value is -5.58. The minimum atomic E-state index is -5.02. The molecule has 0 aromatic rings. The lowest BCUT2D eigenvalue weighted by Crippen LogP contribution is -2.30. The molecular formula is C87H142O17P2. The SMILES string of the molecule is CC/C=C\C/C=C\C/C=C\C/C=C\C/C=C\CCCC(=O)OCC(COP(=O)(O)OCC(O)COP(=O)(O)OCC(COC(=O)CCCCCCCC/C=C\C/C=C\C/C=C\C/C=C\CC)OC(=O)C/C=C\C/C=C\C/C=C\C/C=C\C/C=C\CC)OC(=O)CCCCCCCCCCCCCCCCC. The number of unbranched alkanes of at least 4 members (excludes halogenated alkanes) is 21. The maximum atomic E-state index is 13.1. The summed E-state index contributed by atoms with van der Waals surface area (Å²) in [6, 6.07) is 0. The molecule has 106 heavy (non-hydrogen) atoms. The van der Waals surface area contributed by atoms with Gasteiger partial charge in [0.05, 0.1) is 32.8 Å². The van der Waals surface area contributed by atoms with Gasteiger partial charge in [0, 0.05) is 19.3 Å². The Bertz CT molecular complexity index is 2680. The summed E-state index contributed by atoms with van der Waals surface area (Å²) in [6.45, 7) is 4.34. The van der Waals surface area contributed by atoms with Crippen LogP contribution in [0.5, 0.6) is 0 Å². The van der Waals surface area contributed by atoms with Crippen LogP contribution in [0.25, 0.3) is 0 Å². The molecule has 0 aromatic heterocycles. The van der Waals surface area contributed by atoms with Crippen molar-refractivity contribution in [2.75, 3.05) is 39.6 Å². The van der Waals surface area contributed by atoms with Crippen LogP contribution in [0.2, 0.25) is 0 Å². The van der Waals surface area contributed by atoms with Gasteiger partial charge in [0.1, 0.15) is 19.3 Å². The number of carbonyl (C=O) groups excluding carboxylic acids is 4. The smallest absolute Gasteiger partial charge is 0.462 e. The Labute approximate surface area is 642 Å². The molecule has 19 heteroatoms. The van der Waals surface area contributed by atoms with E-state index in [0.29, 0.717) is 32.1 Å². The van der Waals surface area contributed by atoms with Crippen molar-refractivity contribution >= 4 is 39.5 Å². The molecule has 0 bridgehead atoms. The Morgan fingerprint density at radius 1 is 0.283 bits per heavy atom. The van der Waals surface area contributed by atoms with Gasteiger partial charge in [0.2, 0.25) is 0 Å². The highest BCUT2D eigenvalue weighted by molar-refractivity contribution is 7.47. The van der Waals surface area contributed by atoms with Crippen LogP contribution in [0.15, 0.2) is 170 Å². The van der Waals surface area contributed by atoms with Crippen LogP contribution in [0.3, 0.4) is 0 Å². The van der Waals surface area contributed by atoms with E-state index in [-0.39, 0.29) is 25.7 Å². The van der Waals surface area contributed by atoms with E-state index in [2.05, 4.69) is 161 Å². The zero-order valence-electron chi connectivity index (χ0n) is 65.8. The zero-order valence-corrected chi connectivity index (χ0v) is 67.6. The molecule has 0 saturated carbocycles. The molecule has 0 amide bonds. The molecule has 0 aliphatic rings. The largest absolute Gasteiger partial charge is 0.472 e. The fourth-order valence-corrected chi connectivity index (χ4v) is 11.8. The molecule has 0 spiro atoms. The summed E-state index contributed by atoms with van der Waals surface area (Å²) in [5.41, 5.74) is 0. The molecule has 5 atom stereocenters. The topological polar surface area (TPSA) is 237 Å². The van der Waals surface area contributed by atoms with Crippen molar-refractivity contribution in [3.8, 4) is 0 Å². The maximum absolute atomic E-state index is 13.1. The summed E-state index contributed by atoms with van der Waals surface area (Å²) >= 11 is 0. The summed E-state index contributed by atoms with van der Waals surface area (Å²) in [6.07, 6.45) is 92.3. The molecule has 0 aliphatic heterocycles. The number of phosphoric ester groups is 2. The molecule has 0 saturated heterocycles. The van der Waals surface area contributed by atoms with Crippen molar-refractivity contribution in [3.63, 3.8) is 0 Å². The number of hydrogen-bond acceptors (Lipinski definition) is 15. The first-order valence-electron chi connectivity index (χ1n) is 40.4. The van der Waals surface area contributed by atoms with Gasteiger partial charge in [-0.2, -0.15) is 0 Å². The second-order valence-electron chi connectivity index (χ2n) is 26.2. The lowest BCUT2D eigenvalue weighted by Gasteiger charge is -2.21. The van der Waals surface area contributed by atoms with Gasteiger partial charge in [-0.15, -0.1) is 0 Å². The predicted octanol–water partition coefficient (Wildman–Crippen LogP) is 23.8. The summed E-state index contributed by atoms with van der Waals surface area (Å²) in [7, 11) is -10.0. The van der Waals surface area contributed by atoms with Crippen LogP contribution in [-0.4, -0.2) is 96.7 Å². The minimum Gasteiger partial charge on any atom is -0.462 e. The molecule has 0 aromatic carbocycles. The number of aliphatic hydroxyl groups is 1. The van der Waals surface area contributed by atoms with Crippen molar-refractivity contribution in [1.82, 2.24) is 0 Å². The standard InChI is InChI=1S/C87H142O17P2/c1-5-9-13-17-21-25-29-33-37-39-40-42-46-48-52-56-60-64-68-72-85(90)98-78-83(104-87(92)74-70-66-62-58-54-50-44-36-32-28-24-20-16-12-8-4)80-102-106(95,96)100-76-81(88)75-99-105(93,94)101-79-82(103-86(91)73-69-65-61-57-53-49-43-35-31-27-23-19-15-11-7-3)77-97-84(89)71-67-63-59-55-51-47-45-41-38-34-30-26-22-18-14-10-6-2/h9-10,12-14,16,21-22,24-26,28,33-34,36-38,40,42,44-45,47,54-55,58-59,66,70,81-83,88H,5-8,11,15,17-20,23,27,29-32,35,39,41,43,46,48-53,56-57,60-65,67-69,71-80H2,1-4H3,(H,93,94)(H,95,96)/b13-9-,14-10-,16-12-,25-21-,26-22-,28-24-,37-33-,38-34-,42-40-,44-36-,47-45-,58-54-,59-55-,70-66-. The van der Waals surface area contributed by atoms with E-state index in [0.717, 1.165) is 148 Å². The van der Waals surface area contributed by atoms with Gasteiger partial charge in [-0.25, -0.2) is 9.13 Å². The molecule has 17 nitrogen and oxygen atoms in total. The summed E-state index contributed by atoms with van der Waals surface area (Å²) in [4.78, 5) is 73.0. The van der Waals surface area contributed by atoms with Gasteiger partial charge in [0.15, 0.2) is 12.2 Å². The van der Waals surface area contributed by atoms with Crippen LogP contribution in [0.1, 0.15) is 297 Å². The van der Waals surface area contributed by atoms with E-state index in [1.165, 1.54) is 64.2 Å². The van der Waals surface area contributed by atoms with Gasteiger partial charge >= 0.3 is 39.5 Å².